The molecule has 0 heterocycles. The Morgan fingerprint density at radius 1 is 1.12 bits per heavy atom. The molecule has 0 aliphatic heterocycles. The Morgan fingerprint density at radius 2 is 1.81 bits per heavy atom. The summed E-state index contributed by atoms with van der Waals surface area (Å²) < 4.78 is 22.5. The maximum absolute atomic E-state index is 11.3. The van der Waals surface area contributed by atoms with Gasteiger partial charge in [0.1, 0.15) is 9.84 Å². The quantitative estimate of drug-likeness (QED) is 0.605. The van der Waals surface area contributed by atoms with Gasteiger partial charge in [-0.15, -0.1) is 0 Å². The minimum atomic E-state index is -2.76. The predicted octanol–water partition coefficient (Wildman–Crippen LogP) is 2.37. The second-order valence-corrected chi connectivity index (χ2v) is 6.76. The molecule has 1 atom stereocenters. The van der Waals surface area contributed by atoms with Crippen LogP contribution in [0, 0.1) is 0 Å². The highest BCUT2D eigenvalue weighted by Crippen LogP contribution is 2.06. The van der Waals surface area contributed by atoms with Crippen molar-refractivity contribution >= 4 is 9.84 Å². The Labute approximate surface area is 101 Å². The van der Waals surface area contributed by atoms with Gasteiger partial charge >= 0.3 is 0 Å². The van der Waals surface area contributed by atoms with E-state index in [0.717, 1.165) is 38.6 Å². The third-order valence-corrected chi connectivity index (χ3v) is 4.66. The Morgan fingerprint density at radius 3 is 2.31 bits per heavy atom. The number of rotatable bonds is 10. The van der Waals surface area contributed by atoms with Crippen LogP contribution in [0.1, 0.15) is 52.9 Å². The molecular formula is C12H27NO2S. The summed E-state index contributed by atoms with van der Waals surface area (Å²) >= 11 is 0. The summed E-state index contributed by atoms with van der Waals surface area (Å²) in [5.41, 5.74) is 0. The highest BCUT2D eigenvalue weighted by Gasteiger charge is 2.08. The molecule has 0 spiro atoms. The first-order chi connectivity index (χ1) is 7.55. The van der Waals surface area contributed by atoms with E-state index in [-0.39, 0.29) is 5.75 Å². The molecule has 0 aromatic heterocycles. The lowest BCUT2D eigenvalue weighted by atomic mass is 10.1. The lowest BCUT2D eigenvalue weighted by Crippen LogP contribution is -2.29. The van der Waals surface area contributed by atoms with Crippen molar-refractivity contribution in [2.24, 2.45) is 0 Å². The van der Waals surface area contributed by atoms with Gasteiger partial charge in [0.15, 0.2) is 0 Å². The smallest absolute Gasteiger partial charge is 0.150 e. The molecule has 0 aliphatic carbocycles. The molecule has 1 unspecified atom stereocenters. The molecule has 0 aliphatic rings. The van der Waals surface area contributed by atoms with Gasteiger partial charge in [0.2, 0.25) is 0 Å². The van der Waals surface area contributed by atoms with E-state index >= 15 is 0 Å². The zero-order valence-electron chi connectivity index (χ0n) is 11.0. The van der Waals surface area contributed by atoms with Gasteiger partial charge in [-0.25, -0.2) is 8.42 Å². The topological polar surface area (TPSA) is 46.2 Å². The second-order valence-electron chi connectivity index (χ2n) is 4.29. The highest BCUT2D eigenvalue weighted by atomic mass is 32.2. The fraction of sp³-hybridized carbons (Fsp3) is 1.00. The molecule has 0 bridgehead atoms. The fourth-order valence-corrected chi connectivity index (χ4v) is 2.59. The average Bonchev–Trinajstić information content (AvgIpc) is 2.28. The summed E-state index contributed by atoms with van der Waals surface area (Å²) in [6, 6.07) is 0.560. The van der Waals surface area contributed by atoms with E-state index in [1.165, 1.54) is 0 Å². The van der Waals surface area contributed by atoms with E-state index in [0.29, 0.717) is 11.8 Å². The zero-order chi connectivity index (χ0) is 12.4. The molecule has 0 aromatic rings. The number of hydrogen-bond donors (Lipinski definition) is 1. The van der Waals surface area contributed by atoms with Gasteiger partial charge in [-0.05, 0) is 32.2 Å². The van der Waals surface area contributed by atoms with Gasteiger partial charge in [-0.1, -0.05) is 27.2 Å². The van der Waals surface area contributed by atoms with Crippen LogP contribution >= 0.6 is 0 Å². The monoisotopic (exact) mass is 249 g/mol. The van der Waals surface area contributed by atoms with Crippen molar-refractivity contribution in [3.05, 3.63) is 0 Å². The molecule has 0 rings (SSSR count). The third kappa shape index (κ3) is 8.11. The van der Waals surface area contributed by atoms with Gasteiger partial charge in [-0.3, -0.25) is 0 Å². The van der Waals surface area contributed by atoms with Crippen LogP contribution in [0.25, 0.3) is 0 Å². The number of nitrogens with one attached hydrogen (secondary N) is 1. The highest BCUT2D eigenvalue weighted by molar-refractivity contribution is 7.91. The average molecular weight is 249 g/mol. The Hall–Kier alpha value is -0.0900. The molecule has 0 saturated carbocycles. The fourth-order valence-electron chi connectivity index (χ4n) is 1.66. The zero-order valence-corrected chi connectivity index (χ0v) is 11.8. The molecule has 0 fully saturated rings. The number of hydrogen-bond acceptors (Lipinski definition) is 3. The second kappa shape index (κ2) is 8.99. The molecule has 0 saturated heterocycles. The summed E-state index contributed by atoms with van der Waals surface area (Å²) in [7, 11) is -2.76. The van der Waals surface area contributed by atoms with E-state index in [4.69, 9.17) is 0 Å². The van der Waals surface area contributed by atoms with Gasteiger partial charge in [0, 0.05) is 11.8 Å². The maximum atomic E-state index is 11.3. The SMILES string of the molecule is CCCNC(CC)CCCCS(=O)(=O)CC. The minimum Gasteiger partial charge on any atom is -0.314 e. The Balaban J connectivity index is 3.63. The van der Waals surface area contributed by atoms with Crippen molar-refractivity contribution in [1.82, 2.24) is 5.32 Å². The normalized spacial score (nSPS) is 13.9. The van der Waals surface area contributed by atoms with Crippen LogP contribution in [-0.4, -0.2) is 32.5 Å². The molecule has 0 radical (unpaired) electrons. The van der Waals surface area contributed by atoms with Crippen molar-refractivity contribution in [2.75, 3.05) is 18.1 Å². The summed E-state index contributed by atoms with van der Waals surface area (Å²) in [5, 5.41) is 3.48. The molecule has 3 nitrogen and oxygen atoms in total. The Kier molecular flexibility index (Phi) is 8.94. The molecule has 0 amide bonds. The van der Waals surface area contributed by atoms with Crippen LogP contribution in [0.2, 0.25) is 0 Å². The Bertz CT molecular complexity index is 250. The van der Waals surface area contributed by atoms with Crippen molar-refractivity contribution in [2.45, 2.75) is 58.9 Å². The van der Waals surface area contributed by atoms with Crippen molar-refractivity contribution in [1.29, 1.82) is 0 Å². The summed E-state index contributed by atoms with van der Waals surface area (Å²) in [6.07, 6.45) is 5.19. The van der Waals surface area contributed by atoms with E-state index < -0.39 is 9.84 Å². The molecule has 4 heteroatoms. The first-order valence-corrected chi connectivity index (χ1v) is 8.31. The van der Waals surface area contributed by atoms with Crippen molar-refractivity contribution in [3.63, 3.8) is 0 Å². The largest absolute Gasteiger partial charge is 0.314 e. The van der Waals surface area contributed by atoms with E-state index in [1.54, 1.807) is 6.92 Å². The van der Waals surface area contributed by atoms with Crippen molar-refractivity contribution < 1.29 is 8.42 Å². The number of unbranched alkanes of at least 4 members (excludes halogenated alkanes) is 1. The summed E-state index contributed by atoms with van der Waals surface area (Å²) in [6.45, 7) is 7.11. The number of sulfone groups is 1. The minimum absolute atomic E-state index is 0.276. The van der Waals surface area contributed by atoms with Gasteiger partial charge in [0.25, 0.3) is 0 Å². The lowest BCUT2D eigenvalue weighted by Gasteiger charge is -2.16. The molecule has 0 aromatic carbocycles. The standard InChI is InChI=1S/C12H27NO2S/c1-4-10-13-12(5-2)9-7-8-11-16(14,15)6-3/h12-13H,4-11H2,1-3H3. The maximum Gasteiger partial charge on any atom is 0.150 e. The predicted molar refractivity (Wildman–Crippen MR) is 70.6 cm³/mol. The van der Waals surface area contributed by atoms with Crippen LogP contribution in [0.15, 0.2) is 0 Å². The summed E-state index contributed by atoms with van der Waals surface area (Å²) in [4.78, 5) is 0. The summed E-state index contributed by atoms with van der Waals surface area (Å²) in [5.74, 6) is 0.631. The molecule has 98 valence electrons. The van der Waals surface area contributed by atoms with Crippen LogP contribution in [0.3, 0.4) is 0 Å². The van der Waals surface area contributed by atoms with Crippen LogP contribution in [-0.2, 0) is 9.84 Å². The van der Waals surface area contributed by atoms with Gasteiger partial charge in [-0.2, -0.15) is 0 Å². The first-order valence-electron chi connectivity index (χ1n) is 6.49. The van der Waals surface area contributed by atoms with Gasteiger partial charge < -0.3 is 5.32 Å². The van der Waals surface area contributed by atoms with Gasteiger partial charge in [0.05, 0.1) is 5.75 Å². The lowest BCUT2D eigenvalue weighted by molar-refractivity contribution is 0.453. The van der Waals surface area contributed by atoms with E-state index in [1.807, 2.05) is 0 Å². The molecule has 1 N–H and O–H groups in total. The first kappa shape index (κ1) is 15.9. The van der Waals surface area contributed by atoms with E-state index in [2.05, 4.69) is 19.2 Å². The molecule has 16 heavy (non-hydrogen) atoms. The van der Waals surface area contributed by atoms with Crippen LogP contribution in [0.4, 0.5) is 0 Å². The van der Waals surface area contributed by atoms with Crippen LogP contribution in [0.5, 0.6) is 0 Å². The third-order valence-electron chi connectivity index (χ3n) is 2.87. The van der Waals surface area contributed by atoms with Crippen molar-refractivity contribution in [3.8, 4) is 0 Å². The van der Waals surface area contributed by atoms with E-state index in [9.17, 15) is 8.42 Å². The van der Waals surface area contributed by atoms with Crippen LogP contribution < -0.4 is 5.32 Å². The molecular weight excluding hydrogens is 222 g/mol.